The minimum atomic E-state index is -0.334. The molecular formula is C17H16BrN3O2. The fourth-order valence-electron chi connectivity index (χ4n) is 2.52. The normalized spacial score (nSPS) is 13.9. The molecule has 1 aliphatic heterocycles. The molecule has 0 atom stereocenters. The Balaban J connectivity index is 1.76. The van der Waals surface area contributed by atoms with Crippen molar-refractivity contribution in [1.29, 1.82) is 0 Å². The maximum atomic E-state index is 12.4. The first kappa shape index (κ1) is 15.7. The Morgan fingerprint density at radius 3 is 2.48 bits per heavy atom. The van der Waals surface area contributed by atoms with Crippen molar-refractivity contribution in [3.63, 3.8) is 0 Å². The molecule has 1 saturated heterocycles. The molecule has 0 bridgehead atoms. The summed E-state index contributed by atoms with van der Waals surface area (Å²) < 4.78 is 0.876. The molecule has 1 fully saturated rings. The number of likely N-dealkylation sites (tertiary alicyclic amines) is 1. The van der Waals surface area contributed by atoms with Crippen LogP contribution in [0.4, 0.5) is 5.69 Å². The zero-order valence-corrected chi connectivity index (χ0v) is 14.0. The molecule has 0 spiro atoms. The first-order valence-corrected chi connectivity index (χ1v) is 8.26. The summed E-state index contributed by atoms with van der Waals surface area (Å²) in [7, 11) is 0. The van der Waals surface area contributed by atoms with Gasteiger partial charge < -0.3 is 10.2 Å². The van der Waals surface area contributed by atoms with Crippen molar-refractivity contribution in [3.05, 3.63) is 58.3 Å². The molecule has 3 rings (SSSR count). The molecule has 2 heterocycles. The third kappa shape index (κ3) is 3.76. The summed E-state index contributed by atoms with van der Waals surface area (Å²) in [6.45, 7) is 1.52. The third-order valence-corrected chi connectivity index (χ3v) is 4.17. The Morgan fingerprint density at radius 1 is 1.04 bits per heavy atom. The summed E-state index contributed by atoms with van der Waals surface area (Å²) >= 11 is 3.36. The van der Waals surface area contributed by atoms with Crippen LogP contribution in [0, 0.1) is 0 Å². The number of rotatable bonds is 3. The average molecular weight is 374 g/mol. The number of amides is 2. The van der Waals surface area contributed by atoms with Crippen LogP contribution >= 0.6 is 15.9 Å². The lowest BCUT2D eigenvalue weighted by Gasteiger charge is -2.14. The summed E-state index contributed by atoms with van der Waals surface area (Å²) in [5.74, 6) is -0.446. The fraction of sp³-hybridized carbons (Fsp3) is 0.235. The van der Waals surface area contributed by atoms with E-state index >= 15 is 0 Å². The summed E-state index contributed by atoms with van der Waals surface area (Å²) in [5, 5.41) is 2.78. The van der Waals surface area contributed by atoms with Crippen molar-refractivity contribution in [2.45, 2.75) is 12.8 Å². The highest BCUT2D eigenvalue weighted by Gasteiger charge is 2.21. The van der Waals surface area contributed by atoms with Gasteiger partial charge in [0.05, 0.1) is 0 Å². The molecule has 118 valence electrons. The number of halogens is 1. The third-order valence-electron chi connectivity index (χ3n) is 3.68. The zero-order chi connectivity index (χ0) is 16.2. The van der Waals surface area contributed by atoms with Crippen LogP contribution in [0.2, 0.25) is 0 Å². The van der Waals surface area contributed by atoms with Crippen molar-refractivity contribution < 1.29 is 9.59 Å². The van der Waals surface area contributed by atoms with Gasteiger partial charge in [-0.25, -0.2) is 4.98 Å². The van der Waals surface area contributed by atoms with E-state index in [2.05, 4.69) is 26.2 Å². The van der Waals surface area contributed by atoms with Crippen LogP contribution in [0.15, 0.2) is 46.9 Å². The molecule has 0 unspecified atom stereocenters. The topological polar surface area (TPSA) is 62.3 Å². The van der Waals surface area contributed by atoms with Crippen LogP contribution in [-0.2, 0) is 0 Å². The smallest absolute Gasteiger partial charge is 0.274 e. The van der Waals surface area contributed by atoms with Gasteiger partial charge in [-0.05, 0) is 43.2 Å². The molecule has 5 nitrogen and oxygen atoms in total. The Hall–Kier alpha value is -2.21. The SMILES string of the molecule is O=C(Nc1cccc(Br)c1)c1cccc(C(=O)N2CCCC2)n1. The first-order chi connectivity index (χ1) is 11.1. The van der Waals surface area contributed by atoms with Crippen molar-refractivity contribution in [2.24, 2.45) is 0 Å². The molecule has 1 aromatic carbocycles. The molecule has 1 aliphatic rings. The number of benzene rings is 1. The second kappa shape index (κ2) is 6.91. The van der Waals surface area contributed by atoms with Crippen molar-refractivity contribution in [1.82, 2.24) is 9.88 Å². The van der Waals surface area contributed by atoms with E-state index in [0.717, 1.165) is 30.4 Å². The molecule has 6 heteroatoms. The molecule has 1 aromatic heterocycles. The van der Waals surface area contributed by atoms with E-state index in [0.29, 0.717) is 11.4 Å². The summed E-state index contributed by atoms with van der Waals surface area (Å²) in [6.07, 6.45) is 2.05. The van der Waals surface area contributed by atoms with E-state index < -0.39 is 0 Å². The van der Waals surface area contributed by atoms with E-state index in [1.807, 2.05) is 12.1 Å². The Morgan fingerprint density at radius 2 is 1.74 bits per heavy atom. The van der Waals surface area contributed by atoms with Gasteiger partial charge in [-0.1, -0.05) is 28.1 Å². The van der Waals surface area contributed by atoms with Crippen molar-refractivity contribution in [2.75, 3.05) is 18.4 Å². The molecule has 2 aromatic rings. The number of hydrogen-bond acceptors (Lipinski definition) is 3. The highest BCUT2D eigenvalue weighted by Crippen LogP contribution is 2.17. The van der Waals surface area contributed by atoms with E-state index in [1.54, 1.807) is 35.2 Å². The lowest BCUT2D eigenvalue weighted by Crippen LogP contribution is -2.29. The zero-order valence-electron chi connectivity index (χ0n) is 12.5. The minimum Gasteiger partial charge on any atom is -0.337 e. The van der Waals surface area contributed by atoms with Gasteiger partial charge in [0.2, 0.25) is 0 Å². The first-order valence-electron chi connectivity index (χ1n) is 7.47. The summed E-state index contributed by atoms with van der Waals surface area (Å²) in [6, 6.07) is 12.2. The molecule has 23 heavy (non-hydrogen) atoms. The number of nitrogens with one attached hydrogen (secondary N) is 1. The largest absolute Gasteiger partial charge is 0.337 e. The number of aromatic nitrogens is 1. The number of hydrogen-bond donors (Lipinski definition) is 1. The standard InChI is InChI=1S/C17H16BrN3O2/c18-12-5-3-6-13(11-12)19-16(22)14-7-4-8-15(20-14)17(23)21-9-1-2-10-21/h3-8,11H,1-2,9-10H2,(H,19,22). The lowest BCUT2D eigenvalue weighted by molar-refractivity contribution is 0.0787. The van der Waals surface area contributed by atoms with Crippen LogP contribution in [-0.4, -0.2) is 34.8 Å². The van der Waals surface area contributed by atoms with Crippen LogP contribution in [0.3, 0.4) is 0 Å². The molecular weight excluding hydrogens is 358 g/mol. The van der Waals surface area contributed by atoms with Gasteiger partial charge in [0, 0.05) is 23.2 Å². The van der Waals surface area contributed by atoms with E-state index in [1.165, 1.54) is 0 Å². The van der Waals surface area contributed by atoms with E-state index in [-0.39, 0.29) is 17.5 Å². The highest BCUT2D eigenvalue weighted by molar-refractivity contribution is 9.10. The van der Waals surface area contributed by atoms with Crippen molar-refractivity contribution in [3.8, 4) is 0 Å². The van der Waals surface area contributed by atoms with Gasteiger partial charge in [0.15, 0.2) is 0 Å². The van der Waals surface area contributed by atoms with Crippen LogP contribution in [0.25, 0.3) is 0 Å². The van der Waals surface area contributed by atoms with Crippen LogP contribution < -0.4 is 5.32 Å². The quantitative estimate of drug-likeness (QED) is 0.897. The Kier molecular flexibility index (Phi) is 4.71. The number of carbonyl (C=O) groups excluding carboxylic acids is 2. The van der Waals surface area contributed by atoms with Gasteiger partial charge in [0.1, 0.15) is 11.4 Å². The predicted octanol–water partition coefficient (Wildman–Crippen LogP) is 3.33. The average Bonchev–Trinajstić information content (AvgIpc) is 3.09. The monoisotopic (exact) mass is 373 g/mol. The van der Waals surface area contributed by atoms with Crippen LogP contribution in [0.1, 0.15) is 33.8 Å². The minimum absolute atomic E-state index is 0.111. The number of anilines is 1. The Bertz CT molecular complexity index is 742. The fourth-order valence-corrected chi connectivity index (χ4v) is 2.92. The molecule has 0 radical (unpaired) electrons. The number of nitrogens with zero attached hydrogens (tertiary/aromatic N) is 2. The highest BCUT2D eigenvalue weighted by atomic mass is 79.9. The predicted molar refractivity (Wildman–Crippen MR) is 91.5 cm³/mol. The van der Waals surface area contributed by atoms with Gasteiger partial charge in [-0.2, -0.15) is 0 Å². The lowest BCUT2D eigenvalue weighted by atomic mass is 10.2. The summed E-state index contributed by atoms with van der Waals surface area (Å²) in [4.78, 5) is 30.7. The van der Waals surface area contributed by atoms with E-state index in [9.17, 15) is 9.59 Å². The van der Waals surface area contributed by atoms with Crippen molar-refractivity contribution >= 4 is 33.4 Å². The molecule has 0 aliphatic carbocycles. The van der Waals surface area contributed by atoms with Gasteiger partial charge >= 0.3 is 0 Å². The number of pyridine rings is 1. The second-order valence-electron chi connectivity index (χ2n) is 5.37. The molecule has 0 saturated carbocycles. The van der Waals surface area contributed by atoms with E-state index in [4.69, 9.17) is 0 Å². The Labute approximate surface area is 142 Å². The maximum Gasteiger partial charge on any atom is 0.274 e. The molecule has 1 N–H and O–H groups in total. The number of carbonyl (C=O) groups is 2. The summed E-state index contributed by atoms with van der Waals surface area (Å²) in [5.41, 5.74) is 1.21. The second-order valence-corrected chi connectivity index (χ2v) is 6.29. The van der Waals surface area contributed by atoms with Crippen LogP contribution in [0.5, 0.6) is 0 Å². The molecule has 2 amide bonds. The van der Waals surface area contributed by atoms with Gasteiger partial charge in [0.25, 0.3) is 11.8 Å². The van der Waals surface area contributed by atoms with Gasteiger partial charge in [-0.15, -0.1) is 0 Å². The van der Waals surface area contributed by atoms with Gasteiger partial charge in [-0.3, -0.25) is 9.59 Å². The maximum absolute atomic E-state index is 12.4.